The average molecular weight is 572 g/mol. The van der Waals surface area contributed by atoms with E-state index in [1.54, 1.807) is 17.9 Å². The van der Waals surface area contributed by atoms with Crippen molar-refractivity contribution < 1.29 is 37.8 Å². The summed E-state index contributed by atoms with van der Waals surface area (Å²) in [7, 11) is 0. The number of oxazole rings is 1. The molecule has 6 rings (SSSR count). The van der Waals surface area contributed by atoms with Crippen molar-refractivity contribution in [3.05, 3.63) is 41.5 Å². The number of piperidine rings is 1. The molecule has 5 heterocycles. The molecular formula is C28H34FN5O7. The van der Waals surface area contributed by atoms with Crippen LogP contribution in [0.5, 0.6) is 0 Å². The smallest absolute Gasteiger partial charge is 0.394 e. The monoisotopic (exact) mass is 571 g/mol. The molecule has 2 aromatic heterocycles. The van der Waals surface area contributed by atoms with Gasteiger partial charge in [0.05, 0.1) is 19.3 Å². The molecule has 4 aliphatic rings. The first-order valence-electron chi connectivity index (χ1n) is 14.0. The van der Waals surface area contributed by atoms with Crippen molar-refractivity contribution in [1.29, 1.82) is 0 Å². The lowest BCUT2D eigenvalue weighted by molar-refractivity contribution is -0.147. The normalized spacial score (nSPS) is 21.1. The van der Waals surface area contributed by atoms with Crippen molar-refractivity contribution in [2.45, 2.75) is 58.0 Å². The third-order valence-corrected chi connectivity index (χ3v) is 8.40. The van der Waals surface area contributed by atoms with E-state index in [4.69, 9.17) is 19.1 Å². The van der Waals surface area contributed by atoms with Gasteiger partial charge in [-0.15, -0.1) is 0 Å². The third-order valence-electron chi connectivity index (χ3n) is 8.40. The largest absolute Gasteiger partial charge is 0.483 e. The van der Waals surface area contributed by atoms with Gasteiger partial charge in [-0.3, -0.25) is 14.4 Å². The number of carbonyl (C=O) groups excluding carboxylic acids is 3. The van der Waals surface area contributed by atoms with Gasteiger partial charge in [0.2, 0.25) is 11.8 Å². The van der Waals surface area contributed by atoms with Crippen molar-refractivity contribution in [2.75, 3.05) is 37.7 Å². The Bertz CT molecular complexity index is 1290. The number of halogens is 1. The lowest BCUT2D eigenvalue weighted by Crippen LogP contribution is -2.51. The number of nitrogens with zero attached hydrogens (tertiary/aromatic N) is 5. The third kappa shape index (κ3) is 6.03. The minimum Gasteiger partial charge on any atom is -0.483 e. The number of fused-ring (bicyclic) bond motifs is 1. The Balaban J connectivity index is 0.00000108. The number of aromatic nitrogens is 2. The molecule has 220 valence electrons. The maximum Gasteiger partial charge on any atom is 0.394 e. The Morgan fingerprint density at radius 3 is 2.56 bits per heavy atom. The molecule has 1 saturated carbocycles. The van der Waals surface area contributed by atoms with Gasteiger partial charge >= 0.3 is 11.9 Å². The van der Waals surface area contributed by atoms with E-state index >= 15 is 0 Å². The van der Waals surface area contributed by atoms with Crippen LogP contribution in [0.1, 0.15) is 61.2 Å². The number of anilines is 1. The first kappa shape index (κ1) is 28.5. The summed E-state index contributed by atoms with van der Waals surface area (Å²) in [5.41, 5.74) is 0.645. The summed E-state index contributed by atoms with van der Waals surface area (Å²) in [5, 5.41) is 6.89. The van der Waals surface area contributed by atoms with Crippen LogP contribution in [0.4, 0.5) is 10.2 Å². The van der Waals surface area contributed by atoms with Crippen molar-refractivity contribution in [1.82, 2.24) is 19.8 Å². The zero-order valence-electron chi connectivity index (χ0n) is 23.0. The van der Waals surface area contributed by atoms with E-state index in [1.165, 1.54) is 12.3 Å². The first-order valence-corrected chi connectivity index (χ1v) is 14.0. The van der Waals surface area contributed by atoms with Gasteiger partial charge < -0.3 is 29.0 Å². The lowest BCUT2D eigenvalue weighted by atomic mass is 9.94. The van der Waals surface area contributed by atoms with E-state index in [-0.39, 0.29) is 54.5 Å². The second-order valence-electron chi connectivity index (χ2n) is 11.0. The van der Waals surface area contributed by atoms with Crippen molar-refractivity contribution >= 4 is 30.1 Å². The fraction of sp³-hybridized carbons (Fsp3) is 0.571. The summed E-state index contributed by atoms with van der Waals surface area (Å²) in [6, 6.07) is 2.59. The number of amides is 2. The number of likely N-dealkylation sites (tertiary alicyclic amines) is 1. The van der Waals surface area contributed by atoms with Gasteiger partial charge in [-0.1, -0.05) is 0 Å². The summed E-state index contributed by atoms with van der Waals surface area (Å²) in [5.74, 6) is 0.123. The Morgan fingerprint density at radius 2 is 1.93 bits per heavy atom. The standard InChI is InChI=1S/C27H32FN5O5.CH2O2/c1-2-37-26(36)23-30-19-15-32(12-7-21(19)38-23)25(35)20-13-27(8-9-27)16-33(20)24(34)17-5-10-31(11-6-17)22-4-3-18(28)14-29-22;2-1-3/h3-4,14,17,20H,2,5-13,15-16H2,1H3;1H,(H,2,3)/t20-;/m1./s1. The number of carboxylic acid groups (broad SMARTS) is 1. The number of ether oxygens (including phenoxy) is 1. The van der Waals surface area contributed by atoms with E-state index in [0.29, 0.717) is 69.1 Å². The zero-order valence-corrected chi connectivity index (χ0v) is 23.0. The van der Waals surface area contributed by atoms with Crippen LogP contribution >= 0.6 is 0 Å². The van der Waals surface area contributed by atoms with Gasteiger partial charge in [-0.05, 0) is 56.6 Å². The van der Waals surface area contributed by atoms with Crippen LogP contribution in [0.2, 0.25) is 0 Å². The van der Waals surface area contributed by atoms with E-state index in [0.717, 1.165) is 12.8 Å². The predicted molar refractivity (Wildman–Crippen MR) is 141 cm³/mol. The number of pyridine rings is 1. The van der Waals surface area contributed by atoms with E-state index in [9.17, 15) is 18.8 Å². The quantitative estimate of drug-likeness (QED) is 0.419. The number of carbonyl (C=O) groups is 4. The molecule has 0 aromatic carbocycles. The zero-order chi connectivity index (χ0) is 29.1. The highest BCUT2D eigenvalue weighted by molar-refractivity contribution is 5.90. The van der Waals surface area contributed by atoms with Crippen LogP contribution in [0, 0.1) is 17.2 Å². The Hall–Kier alpha value is -4.03. The van der Waals surface area contributed by atoms with Gasteiger partial charge in [0.25, 0.3) is 6.47 Å². The van der Waals surface area contributed by atoms with Gasteiger partial charge in [0.1, 0.15) is 29.1 Å². The van der Waals surface area contributed by atoms with Crippen molar-refractivity contribution in [2.24, 2.45) is 11.3 Å². The maximum atomic E-state index is 13.8. The molecule has 1 N–H and O–H groups in total. The molecule has 2 saturated heterocycles. The second kappa shape index (κ2) is 11.8. The van der Waals surface area contributed by atoms with Crippen LogP contribution in [0.3, 0.4) is 0 Å². The van der Waals surface area contributed by atoms with Crippen molar-refractivity contribution in [3.8, 4) is 0 Å². The predicted octanol–water partition coefficient (Wildman–Crippen LogP) is 2.27. The van der Waals surface area contributed by atoms with Crippen LogP contribution in [0.15, 0.2) is 22.7 Å². The summed E-state index contributed by atoms with van der Waals surface area (Å²) in [4.78, 5) is 62.0. The lowest BCUT2D eigenvalue weighted by Gasteiger charge is -2.36. The van der Waals surface area contributed by atoms with Crippen LogP contribution in [-0.2, 0) is 32.1 Å². The first-order chi connectivity index (χ1) is 19.8. The summed E-state index contributed by atoms with van der Waals surface area (Å²) < 4.78 is 23.8. The average Bonchev–Trinajstić information content (AvgIpc) is 3.42. The van der Waals surface area contributed by atoms with E-state index < -0.39 is 12.0 Å². The maximum absolute atomic E-state index is 13.8. The van der Waals surface area contributed by atoms with Gasteiger partial charge in [-0.2, -0.15) is 0 Å². The van der Waals surface area contributed by atoms with Gasteiger partial charge in [-0.25, -0.2) is 19.2 Å². The molecule has 41 heavy (non-hydrogen) atoms. The molecular weight excluding hydrogens is 537 g/mol. The highest BCUT2D eigenvalue weighted by Crippen LogP contribution is 2.55. The molecule has 0 radical (unpaired) electrons. The molecule has 0 bridgehead atoms. The number of rotatable bonds is 5. The van der Waals surface area contributed by atoms with E-state index in [2.05, 4.69) is 14.9 Å². The molecule has 1 aliphatic carbocycles. The number of hydrogen-bond donors (Lipinski definition) is 1. The van der Waals surface area contributed by atoms with Crippen LogP contribution in [0.25, 0.3) is 0 Å². The minimum absolute atomic E-state index is 0.0543. The van der Waals surface area contributed by atoms with Gasteiger partial charge in [0, 0.05) is 38.5 Å². The molecule has 2 amide bonds. The fourth-order valence-electron chi connectivity index (χ4n) is 6.07. The molecule has 2 aromatic rings. The Labute approximate surface area is 236 Å². The summed E-state index contributed by atoms with van der Waals surface area (Å²) >= 11 is 0. The Morgan fingerprint density at radius 1 is 1.20 bits per heavy atom. The highest BCUT2D eigenvalue weighted by Gasteiger charge is 2.56. The van der Waals surface area contributed by atoms with Crippen LogP contribution in [-0.4, -0.2) is 88.0 Å². The molecule has 1 atom stereocenters. The second-order valence-corrected chi connectivity index (χ2v) is 11.0. The summed E-state index contributed by atoms with van der Waals surface area (Å²) in [6.07, 6.45) is 5.82. The fourth-order valence-corrected chi connectivity index (χ4v) is 6.07. The molecule has 1 spiro atoms. The van der Waals surface area contributed by atoms with Crippen LogP contribution < -0.4 is 4.90 Å². The number of esters is 1. The van der Waals surface area contributed by atoms with Gasteiger partial charge in [0.15, 0.2) is 0 Å². The molecule has 13 heteroatoms. The molecule has 3 fully saturated rings. The van der Waals surface area contributed by atoms with E-state index in [1.807, 2.05) is 4.90 Å². The molecule has 0 unspecified atom stereocenters. The van der Waals surface area contributed by atoms with Crippen molar-refractivity contribution in [3.63, 3.8) is 0 Å². The molecule has 12 nitrogen and oxygen atoms in total. The Kier molecular flexibility index (Phi) is 8.22. The highest BCUT2D eigenvalue weighted by atomic mass is 19.1. The minimum atomic E-state index is -0.607. The topological polar surface area (TPSA) is 146 Å². The SMILES string of the molecule is CCOC(=O)c1nc2c(o1)CCN(C(=O)[C@H]1CC3(CC3)CN1C(=O)C1CCN(c3ccc(F)cn3)CC1)C2.O=CO. The molecule has 3 aliphatic heterocycles. The number of hydrogen-bond acceptors (Lipinski definition) is 9. The summed E-state index contributed by atoms with van der Waals surface area (Å²) in [6.45, 7) is 4.37.